The highest BCUT2D eigenvalue weighted by Crippen LogP contribution is 2.30. The summed E-state index contributed by atoms with van der Waals surface area (Å²) in [6.45, 7) is 1.41. The van der Waals surface area contributed by atoms with E-state index in [0.717, 1.165) is 23.5 Å². The van der Waals surface area contributed by atoms with Gasteiger partial charge in [-0.1, -0.05) is 29.0 Å². The molecule has 0 aliphatic rings. The van der Waals surface area contributed by atoms with Crippen LogP contribution in [0.1, 0.15) is 28.9 Å². The molecule has 1 heterocycles. The van der Waals surface area contributed by atoms with E-state index in [0.29, 0.717) is 21.3 Å². The van der Waals surface area contributed by atoms with Crippen molar-refractivity contribution in [1.29, 1.82) is 0 Å². The number of carboxylic acids is 1. The molecular formula is C18H12ClF3N2O3S. The standard InChI is InChI=1S/C18H12ClF3N2O3S/c1-9(16(26)27)24-13-6-5-12(19)8-14(13)28-17(24)23-15(25)10-3-2-4-11(7-10)18(20,21)22/h2-9H,1H3,(H,26,27)/b23-17-. The molecule has 5 nitrogen and oxygen atoms in total. The Kier molecular flexibility index (Phi) is 5.31. The summed E-state index contributed by atoms with van der Waals surface area (Å²) in [5.74, 6) is -2.06. The van der Waals surface area contributed by atoms with Crippen molar-refractivity contribution in [2.75, 3.05) is 0 Å². The Hall–Kier alpha value is -2.65. The van der Waals surface area contributed by atoms with Gasteiger partial charge in [-0.15, -0.1) is 0 Å². The summed E-state index contributed by atoms with van der Waals surface area (Å²) in [4.78, 5) is 27.9. The van der Waals surface area contributed by atoms with Gasteiger partial charge in [0.05, 0.1) is 15.8 Å². The monoisotopic (exact) mass is 428 g/mol. The van der Waals surface area contributed by atoms with E-state index in [-0.39, 0.29) is 10.4 Å². The van der Waals surface area contributed by atoms with E-state index in [9.17, 15) is 27.9 Å². The average molecular weight is 429 g/mol. The number of nitrogens with zero attached hydrogens (tertiary/aromatic N) is 2. The lowest BCUT2D eigenvalue weighted by Gasteiger charge is -2.10. The molecule has 0 radical (unpaired) electrons. The molecule has 2 aromatic carbocycles. The molecule has 0 spiro atoms. The maximum Gasteiger partial charge on any atom is 0.416 e. The lowest BCUT2D eigenvalue weighted by atomic mass is 10.1. The number of rotatable bonds is 3. The molecule has 1 N–H and O–H groups in total. The van der Waals surface area contributed by atoms with E-state index >= 15 is 0 Å². The molecule has 146 valence electrons. The van der Waals surface area contributed by atoms with Crippen LogP contribution in [0.4, 0.5) is 13.2 Å². The fourth-order valence-corrected chi connectivity index (χ4v) is 3.93. The summed E-state index contributed by atoms with van der Waals surface area (Å²) in [6, 6.07) is 7.61. The number of aromatic nitrogens is 1. The van der Waals surface area contributed by atoms with Gasteiger partial charge in [-0.2, -0.15) is 18.2 Å². The summed E-state index contributed by atoms with van der Waals surface area (Å²) in [5.41, 5.74) is -0.719. The first kappa shape index (κ1) is 20.1. The van der Waals surface area contributed by atoms with Crippen LogP contribution in [-0.4, -0.2) is 21.6 Å². The second-order valence-corrected chi connectivity index (χ2v) is 7.32. The maximum absolute atomic E-state index is 12.9. The summed E-state index contributed by atoms with van der Waals surface area (Å²) in [6.07, 6.45) is -4.59. The van der Waals surface area contributed by atoms with Gasteiger partial charge in [-0.25, -0.2) is 4.79 Å². The van der Waals surface area contributed by atoms with E-state index < -0.39 is 29.7 Å². The highest BCUT2D eigenvalue weighted by Gasteiger charge is 2.31. The molecular weight excluding hydrogens is 417 g/mol. The Morgan fingerprint density at radius 3 is 2.57 bits per heavy atom. The lowest BCUT2D eigenvalue weighted by molar-refractivity contribution is -0.140. The third-order valence-electron chi connectivity index (χ3n) is 3.97. The molecule has 0 fully saturated rings. The Bertz CT molecular complexity index is 1150. The maximum atomic E-state index is 12.9. The smallest absolute Gasteiger partial charge is 0.416 e. The van der Waals surface area contributed by atoms with Gasteiger partial charge >= 0.3 is 12.1 Å². The number of carbonyl (C=O) groups excluding carboxylic acids is 1. The van der Waals surface area contributed by atoms with Crippen LogP contribution < -0.4 is 4.80 Å². The van der Waals surface area contributed by atoms with Gasteiger partial charge in [-0.3, -0.25) is 4.79 Å². The first-order chi connectivity index (χ1) is 13.1. The molecule has 1 unspecified atom stereocenters. The van der Waals surface area contributed by atoms with E-state index in [2.05, 4.69) is 4.99 Å². The van der Waals surface area contributed by atoms with Gasteiger partial charge in [0.15, 0.2) is 4.80 Å². The zero-order valence-electron chi connectivity index (χ0n) is 14.2. The molecule has 1 atom stereocenters. The van der Waals surface area contributed by atoms with Crippen LogP contribution >= 0.6 is 22.9 Å². The predicted octanol–water partition coefficient (Wildman–Crippen LogP) is 4.76. The van der Waals surface area contributed by atoms with Crippen LogP contribution in [0.2, 0.25) is 5.02 Å². The van der Waals surface area contributed by atoms with Crippen LogP contribution in [0, 0.1) is 0 Å². The molecule has 0 saturated heterocycles. The van der Waals surface area contributed by atoms with Crippen LogP contribution in [0.3, 0.4) is 0 Å². The first-order valence-electron chi connectivity index (χ1n) is 7.87. The van der Waals surface area contributed by atoms with Crippen molar-refractivity contribution in [3.8, 4) is 0 Å². The van der Waals surface area contributed by atoms with Gasteiger partial charge in [0.25, 0.3) is 5.91 Å². The Balaban J connectivity index is 2.17. The Labute approximate surface area is 165 Å². The number of benzene rings is 2. The normalized spacial score (nSPS) is 13.7. The molecule has 1 amide bonds. The molecule has 1 aromatic heterocycles. The van der Waals surface area contributed by atoms with Crippen molar-refractivity contribution in [2.45, 2.75) is 19.1 Å². The highest BCUT2D eigenvalue weighted by molar-refractivity contribution is 7.16. The zero-order chi connectivity index (χ0) is 20.6. The quantitative estimate of drug-likeness (QED) is 0.653. The molecule has 0 aliphatic heterocycles. The second kappa shape index (κ2) is 7.40. The number of amides is 1. The van der Waals surface area contributed by atoms with Crippen molar-refractivity contribution >= 4 is 45.0 Å². The second-order valence-electron chi connectivity index (χ2n) is 5.88. The predicted molar refractivity (Wildman–Crippen MR) is 98.5 cm³/mol. The van der Waals surface area contributed by atoms with Crippen LogP contribution in [0.25, 0.3) is 10.2 Å². The number of thiazole rings is 1. The van der Waals surface area contributed by atoms with E-state index in [1.54, 1.807) is 18.2 Å². The molecule has 28 heavy (non-hydrogen) atoms. The number of hydrogen-bond acceptors (Lipinski definition) is 3. The topological polar surface area (TPSA) is 71.7 Å². The summed E-state index contributed by atoms with van der Waals surface area (Å²) in [5, 5.41) is 9.79. The fourth-order valence-electron chi connectivity index (χ4n) is 2.56. The third-order valence-corrected chi connectivity index (χ3v) is 5.22. The molecule has 0 saturated carbocycles. The van der Waals surface area contributed by atoms with Crippen molar-refractivity contribution in [3.63, 3.8) is 0 Å². The largest absolute Gasteiger partial charge is 0.480 e. The van der Waals surface area contributed by atoms with Gasteiger partial charge in [0.1, 0.15) is 6.04 Å². The number of hydrogen-bond donors (Lipinski definition) is 1. The van der Waals surface area contributed by atoms with Crippen molar-refractivity contribution < 1.29 is 27.9 Å². The van der Waals surface area contributed by atoms with Crippen molar-refractivity contribution in [1.82, 2.24) is 4.57 Å². The molecule has 3 aromatic rings. The average Bonchev–Trinajstić information content (AvgIpc) is 2.96. The van der Waals surface area contributed by atoms with E-state index in [1.807, 2.05) is 0 Å². The van der Waals surface area contributed by atoms with Gasteiger partial charge in [0.2, 0.25) is 0 Å². The van der Waals surface area contributed by atoms with Gasteiger partial charge in [0, 0.05) is 10.6 Å². The zero-order valence-corrected chi connectivity index (χ0v) is 15.8. The molecule has 0 bridgehead atoms. The third kappa shape index (κ3) is 3.95. The minimum absolute atomic E-state index is 0.0505. The summed E-state index contributed by atoms with van der Waals surface area (Å²) in [7, 11) is 0. The SMILES string of the molecule is CC(C(=O)O)n1/c(=N/C(=O)c2cccc(C(F)(F)F)c2)sc2cc(Cl)ccc21. The van der Waals surface area contributed by atoms with Crippen molar-refractivity contribution in [3.05, 3.63) is 63.4 Å². The highest BCUT2D eigenvalue weighted by atomic mass is 35.5. The summed E-state index contributed by atoms with van der Waals surface area (Å²) >= 11 is 6.98. The molecule has 0 aliphatic carbocycles. The summed E-state index contributed by atoms with van der Waals surface area (Å²) < 4.78 is 40.5. The van der Waals surface area contributed by atoms with Gasteiger partial charge in [-0.05, 0) is 43.3 Å². The van der Waals surface area contributed by atoms with Crippen LogP contribution in [0.15, 0.2) is 47.5 Å². The minimum atomic E-state index is -4.59. The molecule has 10 heteroatoms. The number of halogens is 4. The Morgan fingerprint density at radius 2 is 1.93 bits per heavy atom. The van der Waals surface area contributed by atoms with Crippen molar-refractivity contribution in [2.24, 2.45) is 4.99 Å². The molecule has 3 rings (SSSR count). The lowest BCUT2D eigenvalue weighted by Crippen LogP contribution is -2.25. The van der Waals surface area contributed by atoms with E-state index in [4.69, 9.17) is 11.6 Å². The van der Waals surface area contributed by atoms with Gasteiger partial charge < -0.3 is 9.67 Å². The van der Waals surface area contributed by atoms with E-state index in [1.165, 1.54) is 17.6 Å². The first-order valence-corrected chi connectivity index (χ1v) is 9.07. The number of carbonyl (C=O) groups is 2. The fraction of sp³-hybridized carbons (Fsp3) is 0.167. The number of alkyl halides is 3. The Morgan fingerprint density at radius 1 is 1.21 bits per heavy atom. The minimum Gasteiger partial charge on any atom is -0.480 e. The van der Waals surface area contributed by atoms with Crippen LogP contribution in [0.5, 0.6) is 0 Å². The number of fused-ring (bicyclic) bond motifs is 1. The van der Waals surface area contributed by atoms with Crippen LogP contribution in [-0.2, 0) is 11.0 Å². The number of aliphatic carboxylic acids is 1. The number of carboxylic acid groups (broad SMARTS) is 1.